The van der Waals surface area contributed by atoms with Gasteiger partial charge in [0.05, 0.1) is 13.2 Å². The largest absolute Gasteiger partial charge is 0.479 e. The fourth-order valence-corrected chi connectivity index (χ4v) is 3.39. The van der Waals surface area contributed by atoms with Crippen molar-refractivity contribution in [1.82, 2.24) is 9.80 Å². The molecule has 3 heterocycles. The van der Waals surface area contributed by atoms with Gasteiger partial charge < -0.3 is 19.5 Å². The van der Waals surface area contributed by atoms with E-state index in [1.807, 2.05) is 4.90 Å². The predicted molar refractivity (Wildman–Crippen MR) is 72.9 cm³/mol. The standard InChI is InChI=1S/C14H22N2O5/c17-13(11-1-2-12(21-11)14(18)19)16-4-3-10(9-16)15-5-7-20-8-6-15/h10-12H,1-9H2,(H,18,19)/t10?,11-,12+/m0/s1. The van der Waals surface area contributed by atoms with Crippen molar-refractivity contribution >= 4 is 11.9 Å². The average Bonchev–Trinajstić information content (AvgIpc) is 3.17. The average molecular weight is 298 g/mol. The number of hydrogen-bond acceptors (Lipinski definition) is 5. The van der Waals surface area contributed by atoms with Gasteiger partial charge in [-0.05, 0) is 19.3 Å². The maximum absolute atomic E-state index is 12.4. The normalized spacial score (nSPS) is 34.3. The molecule has 21 heavy (non-hydrogen) atoms. The van der Waals surface area contributed by atoms with E-state index in [4.69, 9.17) is 14.6 Å². The van der Waals surface area contributed by atoms with Crippen LogP contribution in [0, 0.1) is 0 Å². The molecule has 7 nitrogen and oxygen atoms in total. The highest BCUT2D eigenvalue weighted by molar-refractivity contribution is 5.83. The van der Waals surface area contributed by atoms with E-state index >= 15 is 0 Å². The van der Waals surface area contributed by atoms with E-state index in [9.17, 15) is 9.59 Å². The topological polar surface area (TPSA) is 79.3 Å². The van der Waals surface area contributed by atoms with Gasteiger partial charge in [0, 0.05) is 32.2 Å². The summed E-state index contributed by atoms with van der Waals surface area (Å²) in [6.07, 6.45) is 0.507. The van der Waals surface area contributed by atoms with E-state index < -0.39 is 18.2 Å². The Kier molecular flexibility index (Phi) is 4.42. The van der Waals surface area contributed by atoms with Crippen LogP contribution in [-0.4, -0.2) is 84.4 Å². The quantitative estimate of drug-likeness (QED) is 0.760. The van der Waals surface area contributed by atoms with Gasteiger partial charge in [-0.2, -0.15) is 0 Å². The first-order valence-corrected chi connectivity index (χ1v) is 7.64. The summed E-state index contributed by atoms with van der Waals surface area (Å²) in [6.45, 7) is 4.82. The van der Waals surface area contributed by atoms with Crippen LogP contribution in [0.5, 0.6) is 0 Å². The zero-order chi connectivity index (χ0) is 14.8. The van der Waals surface area contributed by atoms with Gasteiger partial charge in [0.25, 0.3) is 5.91 Å². The molecule has 1 amide bonds. The molecular weight excluding hydrogens is 276 g/mol. The molecule has 3 saturated heterocycles. The molecule has 0 saturated carbocycles. The number of carboxylic acid groups (broad SMARTS) is 1. The summed E-state index contributed by atoms with van der Waals surface area (Å²) in [5.74, 6) is -1.02. The van der Waals surface area contributed by atoms with Crippen molar-refractivity contribution in [3.05, 3.63) is 0 Å². The summed E-state index contributed by atoms with van der Waals surface area (Å²) in [5, 5.41) is 8.92. The Labute approximate surface area is 123 Å². The monoisotopic (exact) mass is 298 g/mol. The second-order valence-corrected chi connectivity index (χ2v) is 5.90. The van der Waals surface area contributed by atoms with Gasteiger partial charge in [0.2, 0.25) is 0 Å². The number of carboxylic acids is 1. The predicted octanol–water partition coefficient (Wildman–Crippen LogP) is -0.448. The number of aliphatic carboxylic acids is 1. The minimum absolute atomic E-state index is 0.0468. The van der Waals surface area contributed by atoms with Crippen molar-refractivity contribution < 1.29 is 24.2 Å². The van der Waals surface area contributed by atoms with E-state index in [0.717, 1.165) is 45.8 Å². The van der Waals surface area contributed by atoms with Gasteiger partial charge >= 0.3 is 5.97 Å². The lowest BCUT2D eigenvalue weighted by Gasteiger charge is -2.32. The first-order chi connectivity index (χ1) is 10.1. The maximum atomic E-state index is 12.4. The Morgan fingerprint density at radius 3 is 2.38 bits per heavy atom. The summed E-state index contributed by atoms with van der Waals surface area (Å²) in [4.78, 5) is 27.5. The molecule has 0 aromatic carbocycles. The molecule has 3 rings (SSSR count). The molecule has 3 aliphatic rings. The molecule has 1 unspecified atom stereocenters. The van der Waals surface area contributed by atoms with Crippen LogP contribution >= 0.6 is 0 Å². The molecule has 0 aromatic heterocycles. The summed E-state index contributed by atoms with van der Waals surface area (Å²) in [7, 11) is 0. The van der Waals surface area contributed by atoms with Crippen molar-refractivity contribution in [2.75, 3.05) is 39.4 Å². The van der Waals surface area contributed by atoms with Gasteiger partial charge in [-0.25, -0.2) is 4.79 Å². The lowest BCUT2D eigenvalue weighted by molar-refractivity contribution is -0.154. The van der Waals surface area contributed by atoms with E-state index in [-0.39, 0.29) is 5.91 Å². The van der Waals surface area contributed by atoms with Crippen LogP contribution in [0.15, 0.2) is 0 Å². The molecule has 0 aliphatic carbocycles. The number of morpholine rings is 1. The molecule has 7 heteroatoms. The van der Waals surface area contributed by atoms with Gasteiger partial charge in [0.1, 0.15) is 6.10 Å². The Hall–Kier alpha value is -1.18. The van der Waals surface area contributed by atoms with Gasteiger partial charge in [-0.15, -0.1) is 0 Å². The van der Waals surface area contributed by atoms with Crippen LogP contribution < -0.4 is 0 Å². The Morgan fingerprint density at radius 1 is 1.00 bits per heavy atom. The highest BCUT2D eigenvalue weighted by Crippen LogP contribution is 2.24. The number of amides is 1. The van der Waals surface area contributed by atoms with Gasteiger partial charge in [0.15, 0.2) is 6.10 Å². The number of rotatable bonds is 3. The lowest BCUT2D eigenvalue weighted by Crippen LogP contribution is -2.46. The number of likely N-dealkylation sites (tertiary alicyclic amines) is 1. The van der Waals surface area contributed by atoms with Crippen molar-refractivity contribution in [3.8, 4) is 0 Å². The Balaban J connectivity index is 1.51. The van der Waals surface area contributed by atoms with E-state index in [1.165, 1.54) is 0 Å². The van der Waals surface area contributed by atoms with Crippen LogP contribution in [0.1, 0.15) is 19.3 Å². The number of ether oxygens (including phenoxy) is 2. The van der Waals surface area contributed by atoms with Crippen molar-refractivity contribution in [2.45, 2.75) is 37.5 Å². The van der Waals surface area contributed by atoms with Crippen LogP contribution in [0.2, 0.25) is 0 Å². The van der Waals surface area contributed by atoms with Crippen LogP contribution in [0.4, 0.5) is 0 Å². The van der Waals surface area contributed by atoms with E-state index in [0.29, 0.717) is 18.9 Å². The minimum Gasteiger partial charge on any atom is -0.479 e. The summed E-state index contributed by atoms with van der Waals surface area (Å²) >= 11 is 0. The fraction of sp³-hybridized carbons (Fsp3) is 0.857. The van der Waals surface area contributed by atoms with E-state index in [1.54, 1.807) is 0 Å². The second kappa shape index (κ2) is 6.29. The molecular formula is C14H22N2O5. The van der Waals surface area contributed by atoms with Crippen molar-refractivity contribution in [2.24, 2.45) is 0 Å². The molecule has 0 bridgehead atoms. The van der Waals surface area contributed by atoms with Crippen molar-refractivity contribution in [3.63, 3.8) is 0 Å². The van der Waals surface area contributed by atoms with Gasteiger partial charge in [-0.1, -0.05) is 0 Å². The lowest BCUT2D eigenvalue weighted by atomic mass is 10.2. The summed E-state index contributed by atoms with van der Waals surface area (Å²) < 4.78 is 10.7. The van der Waals surface area contributed by atoms with Crippen molar-refractivity contribution in [1.29, 1.82) is 0 Å². The third kappa shape index (κ3) is 3.20. The molecule has 0 aromatic rings. The molecule has 0 radical (unpaired) electrons. The minimum atomic E-state index is -0.974. The maximum Gasteiger partial charge on any atom is 0.332 e. The summed E-state index contributed by atoms with van der Waals surface area (Å²) in [5.41, 5.74) is 0. The zero-order valence-electron chi connectivity index (χ0n) is 12.1. The molecule has 1 N–H and O–H groups in total. The van der Waals surface area contributed by atoms with E-state index in [2.05, 4.69) is 4.90 Å². The SMILES string of the molecule is O=C(O)[C@H]1CC[C@@H](C(=O)N2CCC(N3CCOCC3)C2)O1. The van der Waals surface area contributed by atoms with Crippen LogP contribution in [0.3, 0.4) is 0 Å². The summed E-state index contributed by atoms with van der Waals surface area (Å²) in [6, 6.07) is 0.398. The number of hydrogen-bond donors (Lipinski definition) is 1. The zero-order valence-corrected chi connectivity index (χ0v) is 12.1. The first kappa shape index (κ1) is 14.7. The number of carbonyl (C=O) groups is 2. The molecule has 3 fully saturated rings. The Bertz CT molecular complexity index is 410. The molecule has 3 atom stereocenters. The fourth-order valence-electron chi connectivity index (χ4n) is 3.39. The first-order valence-electron chi connectivity index (χ1n) is 7.64. The van der Waals surface area contributed by atoms with Gasteiger partial charge in [-0.3, -0.25) is 9.69 Å². The second-order valence-electron chi connectivity index (χ2n) is 5.90. The molecule has 0 spiro atoms. The molecule has 118 valence electrons. The van der Waals surface area contributed by atoms with Crippen LogP contribution in [-0.2, 0) is 19.1 Å². The number of carbonyl (C=O) groups excluding carboxylic acids is 1. The molecule has 3 aliphatic heterocycles. The number of nitrogens with zero attached hydrogens (tertiary/aromatic N) is 2. The smallest absolute Gasteiger partial charge is 0.332 e. The highest BCUT2D eigenvalue weighted by atomic mass is 16.5. The highest BCUT2D eigenvalue weighted by Gasteiger charge is 2.39. The van der Waals surface area contributed by atoms with Crippen LogP contribution in [0.25, 0.3) is 0 Å². The third-order valence-electron chi connectivity index (χ3n) is 4.61. The Morgan fingerprint density at radius 2 is 1.71 bits per heavy atom. The third-order valence-corrected chi connectivity index (χ3v) is 4.61.